The van der Waals surface area contributed by atoms with Crippen molar-refractivity contribution in [2.45, 2.75) is 19.0 Å². The molecule has 8 heteroatoms. The summed E-state index contributed by atoms with van der Waals surface area (Å²) in [5, 5.41) is 2.78. The SMILES string of the molecule is O=C(NC1CCS(=O)(=O)C1)c1cc2occc2n1Cc1cccc(F)c1. The van der Waals surface area contributed by atoms with Crippen molar-refractivity contribution in [1.29, 1.82) is 0 Å². The van der Waals surface area contributed by atoms with E-state index >= 15 is 0 Å². The zero-order valence-corrected chi connectivity index (χ0v) is 14.6. The van der Waals surface area contributed by atoms with E-state index in [1.54, 1.807) is 28.8 Å². The third-order valence-electron chi connectivity index (χ3n) is 4.55. The molecule has 136 valence electrons. The number of hydrogen-bond donors (Lipinski definition) is 1. The monoisotopic (exact) mass is 376 g/mol. The van der Waals surface area contributed by atoms with Crippen LogP contribution in [0, 0.1) is 5.82 Å². The first-order valence-corrected chi connectivity index (χ1v) is 10.1. The van der Waals surface area contributed by atoms with Crippen LogP contribution in [-0.2, 0) is 16.4 Å². The molecular weight excluding hydrogens is 359 g/mol. The van der Waals surface area contributed by atoms with Crippen molar-refractivity contribution >= 4 is 26.8 Å². The van der Waals surface area contributed by atoms with Crippen LogP contribution in [0.4, 0.5) is 4.39 Å². The van der Waals surface area contributed by atoms with Gasteiger partial charge in [-0.2, -0.15) is 0 Å². The van der Waals surface area contributed by atoms with Gasteiger partial charge in [-0.25, -0.2) is 12.8 Å². The molecule has 3 heterocycles. The molecule has 4 rings (SSSR count). The number of nitrogens with one attached hydrogen (secondary N) is 1. The smallest absolute Gasteiger partial charge is 0.268 e. The van der Waals surface area contributed by atoms with Gasteiger partial charge in [0.05, 0.1) is 23.3 Å². The molecule has 1 atom stereocenters. The summed E-state index contributed by atoms with van der Waals surface area (Å²) in [4.78, 5) is 12.7. The Bertz CT molecular complexity index is 1080. The Kier molecular flexibility index (Phi) is 4.07. The van der Waals surface area contributed by atoms with E-state index in [4.69, 9.17) is 4.42 Å². The Morgan fingerprint density at radius 2 is 2.15 bits per heavy atom. The molecule has 1 amide bonds. The minimum Gasteiger partial charge on any atom is -0.463 e. The highest BCUT2D eigenvalue weighted by Crippen LogP contribution is 2.23. The molecular formula is C18H17FN2O4S. The molecule has 0 aliphatic carbocycles. The lowest BCUT2D eigenvalue weighted by atomic mass is 10.2. The molecule has 26 heavy (non-hydrogen) atoms. The van der Waals surface area contributed by atoms with Crippen LogP contribution in [-0.4, -0.2) is 36.4 Å². The molecule has 0 radical (unpaired) electrons. The van der Waals surface area contributed by atoms with E-state index in [1.165, 1.54) is 18.4 Å². The summed E-state index contributed by atoms with van der Waals surface area (Å²) >= 11 is 0. The van der Waals surface area contributed by atoms with E-state index in [1.807, 2.05) is 0 Å². The number of sulfone groups is 1. The number of amides is 1. The summed E-state index contributed by atoms with van der Waals surface area (Å²) in [5.41, 5.74) is 2.33. The zero-order chi connectivity index (χ0) is 18.3. The number of carbonyl (C=O) groups is 1. The number of fused-ring (bicyclic) bond motifs is 1. The van der Waals surface area contributed by atoms with Crippen molar-refractivity contribution in [1.82, 2.24) is 9.88 Å². The van der Waals surface area contributed by atoms with Crippen LogP contribution >= 0.6 is 0 Å². The fourth-order valence-corrected chi connectivity index (χ4v) is 4.99. The molecule has 1 aliphatic rings. The van der Waals surface area contributed by atoms with Gasteiger partial charge in [-0.05, 0) is 24.1 Å². The maximum Gasteiger partial charge on any atom is 0.268 e. The normalized spacial score (nSPS) is 19.0. The van der Waals surface area contributed by atoms with Gasteiger partial charge in [0.25, 0.3) is 5.91 Å². The predicted octanol–water partition coefficient (Wildman–Crippen LogP) is 2.34. The summed E-state index contributed by atoms with van der Waals surface area (Å²) in [6, 6.07) is 9.14. The van der Waals surface area contributed by atoms with Gasteiger partial charge in [0.1, 0.15) is 11.5 Å². The summed E-state index contributed by atoms with van der Waals surface area (Å²) in [7, 11) is -3.08. The number of hydrogen-bond acceptors (Lipinski definition) is 4. The van der Waals surface area contributed by atoms with E-state index < -0.39 is 15.9 Å². The first-order chi connectivity index (χ1) is 12.4. The number of carbonyl (C=O) groups excluding carboxylic acids is 1. The van der Waals surface area contributed by atoms with E-state index in [9.17, 15) is 17.6 Å². The molecule has 2 aromatic heterocycles. The van der Waals surface area contributed by atoms with Crippen molar-refractivity contribution in [3.63, 3.8) is 0 Å². The van der Waals surface area contributed by atoms with Gasteiger partial charge in [0.15, 0.2) is 15.4 Å². The molecule has 0 saturated carbocycles. The van der Waals surface area contributed by atoms with Gasteiger partial charge in [-0.3, -0.25) is 4.79 Å². The summed E-state index contributed by atoms with van der Waals surface area (Å²) in [6.07, 6.45) is 1.94. The largest absolute Gasteiger partial charge is 0.463 e. The standard InChI is InChI=1S/C18H17FN2O4S/c19-13-3-1-2-12(8-13)10-21-15-4-6-25-17(15)9-16(21)18(22)20-14-5-7-26(23,24)11-14/h1-4,6,8-9,14H,5,7,10-11H2,(H,20,22). The lowest BCUT2D eigenvalue weighted by Gasteiger charge is -2.14. The summed E-state index contributed by atoms with van der Waals surface area (Å²) in [5.74, 6) is -0.667. The van der Waals surface area contributed by atoms with Gasteiger partial charge in [-0.1, -0.05) is 12.1 Å². The molecule has 1 unspecified atom stereocenters. The van der Waals surface area contributed by atoms with Crippen LogP contribution in [0.2, 0.25) is 0 Å². The lowest BCUT2D eigenvalue weighted by Crippen LogP contribution is -2.36. The third-order valence-corrected chi connectivity index (χ3v) is 6.32. The number of furan rings is 1. The van der Waals surface area contributed by atoms with E-state index in [2.05, 4.69) is 5.32 Å². The van der Waals surface area contributed by atoms with Crippen molar-refractivity contribution in [2.75, 3.05) is 11.5 Å². The van der Waals surface area contributed by atoms with Crippen molar-refractivity contribution < 1.29 is 22.0 Å². The van der Waals surface area contributed by atoms with Crippen LogP contribution in [0.3, 0.4) is 0 Å². The van der Waals surface area contributed by atoms with Gasteiger partial charge < -0.3 is 14.3 Å². The second kappa shape index (κ2) is 6.28. The maximum atomic E-state index is 13.5. The summed E-state index contributed by atoms with van der Waals surface area (Å²) < 4.78 is 43.8. The van der Waals surface area contributed by atoms with Gasteiger partial charge in [0.2, 0.25) is 0 Å². The number of halogens is 1. The second-order valence-corrected chi connectivity index (χ2v) is 8.72. The van der Waals surface area contributed by atoms with E-state index in [0.717, 1.165) is 5.52 Å². The first kappa shape index (κ1) is 16.8. The lowest BCUT2D eigenvalue weighted by molar-refractivity contribution is 0.0932. The molecule has 1 fully saturated rings. The fraction of sp³-hybridized carbons (Fsp3) is 0.278. The average Bonchev–Trinajstić information content (AvgIpc) is 3.24. The van der Waals surface area contributed by atoms with E-state index in [-0.39, 0.29) is 23.2 Å². The molecule has 0 spiro atoms. The topological polar surface area (TPSA) is 81.3 Å². The van der Waals surface area contributed by atoms with Crippen molar-refractivity contribution in [3.8, 4) is 0 Å². The van der Waals surface area contributed by atoms with Crippen LogP contribution < -0.4 is 5.32 Å². The molecule has 1 aromatic carbocycles. The van der Waals surface area contributed by atoms with Gasteiger partial charge in [-0.15, -0.1) is 0 Å². The van der Waals surface area contributed by atoms with Crippen LogP contribution in [0.15, 0.2) is 47.1 Å². The second-order valence-electron chi connectivity index (χ2n) is 6.49. The van der Waals surface area contributed by atoms with Gasteiger partial charge >= 0.3 is 0 Å². The number of benzene rings is 1. The molecule has 1 N–H and O–H groups in total. The maximum absolute atomic E-state index is 13.5. The van der Waals surface area contributed by atoms with Gasteiger partial charge in [0, 0.05) is 24.7 Å². The van der Waals surface area contributed by atoms with Crippen LogP contribution in [0.1, 0.15) is 22.5 Å². The first-order valence-electron chi connectivity index (χ1n) is 8.24. The molecule has 3 aromatic rings. The Hall–Kier alpha value is -2.61. The highest BCUT2D eigenvalue weighted by molar-refractivity contribution is 7.91. The van der Waals surface area contributed by atoms with Crippen molar-refractivity contribution in [2.24, 2.45) is 0 Å². The average molecular weight is 376 g/mol. The molecule has 1 aliphatic heterocycles. The minimum absolute atomic E-state index is 0.0422. The highest BCUT2D eigenvalue weighted by atomic mass is 32.2. The van der Waals surface area contributed by atoms with Crippen LogP contribution in [0.5, 0.6) is 0 Å². The number of aromatic nitrogens is 1. The highest BCUT2D eigenvalue weighted by Gasteiger charge is 2.30. The Morgan fingerprint density at radius 3 is 2.88 bits per heavy atom. The fourth-order valence-electron chi connectivity index (χ4n) is 3.32. The third kappa shape index (κ3) is 3.24. The Morgan fingerprint density at radius 1 is 1.31 bits per heavy atom. The quantitative estimate of drug-likeness (QED) is 0.758. The number of rotatable bonds is 4. The molecule has 1 saturated heterocycles. The Balaban J connectivity index is 1.64. The Labute approximate surface area is 149 Å². The van der Waals surface area contributed by atoms with E-state index in [0.29, 0.717) is 29.8 Å². The molecule has 6 nitrogen and oxygen atoms in total. The zero-order valence-electron chi connectivity index (χ0n) is 13.8. The number of nitrogens with zero attached hydrogens (tertiary/aromatic N) is 1. The molecule has 0 bridgehead atoms. The summed E-state index contributed by atoms with van der Waals surface area (Å²) in [6.45, 7) is 0.298. The predicted molar refractivity (Wildman–Crippen MR) is 94.2 cm³/mol. The van der Waals surface area contributed by atoms with Crippen LogP contribution in [0.25, 0.3) is 11.1 Å². The minimum atomic E-state index is -3.08. The van der Waals surface area contributed by atoms with Crippen molar-refractivity contribution in [3.05, 3.63) is 59.7 Å².